The number of sulfone groups is 1. The molecule has 1 N–H and O–H groups in total. The van der Waals surface area contributed by atoms with Crippen molar-refractivity contribution in [1.82, 2.24) is 4.90 Å². The average Bonchev–Trinajstić information content (AvgIpc) is 2.47. The van der Waals surface area contributed by atoms with Gasteiger partial charge < -0.3 is 10.0 Å². The SMILES string of the molecule is CN(C)CCCCCCC(CO)S(=O)(=O)c1ccccc1. The van der Waals surface area contributed by atoms with Gasteiger partial charge in [-0.25, -0.2) is 8.42 Å². The molecule has 0 fully saturated rings. The fourth-order valence-electron chi connectivity index (χ4n) is 2.30. The Balaban J connectivity index is 2.44. The summed E-state index contributed by atoms with van der Waals surface area (Å²) in [7, 11) is 0.684. The minimum Gasteiger partial charge on any atom is -0.395 e. The molecule has 0 radical (unpaired) electrons. The Bertz CT molecular complexity index is 486. The van der Waals surface area contributed by atoms with E-state index in [0.29, 0.717) is 11.3 Å². The molecule has 1 unspecified atom stereocenters. The van der Waals surface area contributed by atoms with Gasteiger partial charge in [0.2, 0.25) is 0 Å². The van der Waals surface area contributed by atoms with E-state index in [-0.39, 0.29) is 6.61 Å². The zero-order valence-corrected chi connectivity index (χ0v) is 13.8. The standard InChI is InChI=1S/C16H27NO3S/c1-17(2)13-9-4-3-6-12-16(14-18)21(19,20)15-10-7-5-8-11-15/h5,7-8,10-11,16,18H,3-4,6,9,12-14H2,1-2H3. The van der Waals surface area contributed by atoms with Crippen molar-refractivity contribution < 1.29 is 13.5 Å². The Morgan fingerprint density at radius 3 is 2.24 bits per heavy atom. The van der Waals surface area contributed by atoms with Gasteiger partial charge in [-0.15, -0.1) is 0 Å². The lowest BCUT2D eigenvalue weighted by molar-refractivity contribution is 0.283. The molecular weight excluding hydrogens is 286 g/mol. The van der Waals surface area contributed by atoms with Gasteiger partial charge in [0.05, 0.1) is 16.8 Å². The zero-order valence-electron chi connectivity index (χ0n) is 13.0. The predicted octanol–water partition coefficient (Wildman–Crippen LogP) is 2.33. The van der Waals surface area contributed by atoms with Crippen LogP contribution in [0, 0.1) is 0 Å². The molecular formula is C16H27NO3S. The Morgan fingerprint density at radius 1 is 1.05 bits per heavy atom. The molecule has 21 heavy (non-hydrogen) atoms. The van der Waals surface area contributed by atoms with Crippen LogP contribution >= 0.6 is 0 Å². The lowest BCUT2D eigenvalue weighted by atomic mass is 10.1. The highest BCUT2D eigenvalue weighted by atomic mass is 32.2. The lowest BCUT2D eigenvalue weighted by Gasteiger charge is -2.15. The molecule has 4 nitrogen and oxygen atoms in total. The van der Waals surface area contributed by atoms with E-state index in [9.17, 15) is 13.5 Å². The molecule has 0 aliphatic rings. The van der Waals surface area contributed by atoms with Gasteiger partial charge in [0.25, 0.3) is 0 Å². The number of aliphatic hydroxyl groups excluding tert-OH is 1. The van der Waals surface area contributed by atoms with E-state index < -0.39 is 15.1 Å². The summed E-state index contributed by atoms with van der Waals surface area (Å²) in [6.07, 6.45) is 4.60. The fourth-order valence-corrected chi connectivity index (χ4v) is 3.90. The first-order valence-electron chi connectivity index (χ1n) is 7.53. The van der Waals surface area contributed by atoms with Gasteiger partial charge in [0.1, 0.15) is 0 Å². The van der Waals surface area contributed by atoms with Crippen LogP contribution in [0.4, 0.5) is 0 Å². The molecule has 0 aromatic heterocycles. The summed E-state index contributed by atoms with van der Waals surface area (Å²) in [5.74, 6) is 0. The van der Waals surface area contributed by atoms with Gasteiger partial charge in [-0.3, -0.25) is 0 Å². The van der Waals surface area contributed by atoms with Crippen molar-refractivity contribution >= 4 is 9.84 Å². The van der Waals surface area contributed by atoms with E-state index in [0.717, 1.165) is 32.2 Å². The molecule has 0 spiro atoms. The molecule has 5 heteroatoms. The third kappa shape index (κ3) is 6.16. The van der Waals surface area contributed by atoms with Gasteiger partial charge in [-0.1, -0.05) is 37.5 Å². The Labute approximate surface area is 128 Å². The predicted molar refractivity (Wildman–Crippen MR) is 86.1 cm³/mol. The van der Waals surface area contributed by atoms with Crippen LogP contribution in [-0.2, 0) is 9.84 Å². The second-order valence-electron chi connectivity index (χ2n) is 5.67. The van der Waals surface area contributed by atoms with E-state index in [1.807, 2.05) is 14.1 Å². The van der Waals surface area contributed by atoms with Crippen LogP contribution in [0.25, 0.3) is 0 Å². The van der Waals surface area contributed by atoms with Gasteiger partial charge in [0.15, 0.2) is 9.84 Å². The third-order valence-electron chi connectivity index (χ3n) is 3.60. The van der Waals surface area contributed by atoms with E-state index in [4.69, 9.17) is 0 Å². The summed E-state index contributed by atoms with van der Waals surface area (Å²) in [4.78, 5) is 2.45. The van der Waals surface area contributed by atoms with Crippen molar-refractivity contribution in [3.05, 3.63) is 30.3 Å². The minimum absolute atomic E-state index is 0.302. The van der Waals surface area contributed by atoms with Gasteiger partial charge in [-0.2, -0.15) is 0 Å². The summed E-state index contributed by atoms with van der Waals surface area (Å²) < 4.78 is 24.8. The first kappa shape index (κ1) is 18.1. The van der Waals surface area contributed by atoms with E-state index in [2.05, 4.69) is 4.90 Å². The number of hydrogen-bond donors (Lipinski definition) is 1. The summed E-state index contributed by atoms with van der Waals surface area (Å²) in [6.45, 7) is 0.751. The highest BCUT2D eigenvalue weighted by Crippen LogP contribution is 2.20. The van der Waals surface area contributed by atoms with Gasteiger partial charge in [0, 0.05) is 0 Å². The van der Waals surface area contributed by atoms with Crippen molar-refractivity contribution in [3.8, 4) is 0 Å². The van der Waals surface area contributed by atoms with Gasteiger partial charge in [-0.05, 0) is 45.6 Å². The van der Waals surface area contributed by atoms with E-state index >= 15 is 0 Å². The van der Waals surface area contributed by atoms with E-state index in [1.54, 1.807) is 30.3 Å². The quantitative estimate of drug-likeness (QED) is 0.674. The lowest BCUT2D eigenvalue weighted by Crippen LogP contribution is -2.25. The highest BCUT2D eigenvalue weighted by Gasteiger charge is 2.25. The molecule has 1 rings (SSSR count). The largest absolute Gasteiger partial charge is 0.395 e. The molecule has 1 aromatic carbocycles. The molecule has 0 saturated heterocycles. The fraction of sp³-hybridized carbons (Fsp3) is 0.625. The number of rotatable bonds is 10. The maximum Gasteiger partial charge on any atom is 0.183 e. The molecule has 0 amide bonds. The maximum absolute atomic E-state index is 12.4. The maximum atomic E-state index is 12.4. The number of unbranched alkanes of at least 4 members (excludes halogenated alkanes) is 3. The van der Waals surface area contributed by atoms with E-state index in [1.165, 1.54) is 0 Å². The number of benzene rings is 1. The van der Waals surface area contributed by atoms with Crippen LogP contribution in [-0.4, -0.2) is 50.9 Å². The first-order valence-corrected chi connectivity index (χ1v) is 9.07. The van der Waals surface area contributed by atoms with Crippen LogP contribution in [0.5, 0.6) is 0 Å². The normalized spacial score (nSPS) is 13.5. The van der Waals surface area contributed by atoms with Crippen molar-refractivity contribution in [2.75, 3.05) is 27.2 Å². The van der Waals surface area contributed by atoms with Gasteiger partial charge >= 0.3 is 0 Å². The zero-order chi connectivity index (χ0) is 15.7. The Kier molecular flexibility index (Phi) is 7.93. The van der Waals surface area contributed by atoms with Crippen LogP contribution in [0.15, 0.2) is 35.2 Å². The average molecular weight is 313 g/mol. The monoisotopic (exact) mass is 313 g/mol. The number of aliphatic hydroxyl groups is 1. The Morgan fingerprint density at radius 2 is 1.67 bits per heavy atom. The van der Waals surface area contributed by atoms with Crippen LogP contribution in [0.3, 0.4) is 0 Å². The number of hydrogen-bond acceptors (Lipinski definition) is 4. The van der Waals surface area contributed by atoms with Crippen molar-refractivity contribution in [2.24, 2.45) is 0 Å². The summed E-state index contributed by atoms with van der Waals surface area (Å²) in [6, 6.07) is 8.40. The molecule has 120 valence electrons. The summed E-state index contributed by atoms with van der Waals surface area (Å²) in [5, 5.41) is 8.73. The Hall–Kier alpha value is -0.910. The molecule has 1 aromatic rings. The number of nitrogens with zero attached hydrogens (tertiary/aromatic N) is 1. The minimum atomic E-state index is -3.42. The third-order valence-corrected chi connectivity index (χ3v) is 5.79. The summed E-state index contributed by atoms with van der Waals surface area (Å²) in [5.41, 5.74) is 0. The molecule has 1 atom stereocenters. The van der Waals surface area contributed by atoms with Crippen LogP contribution < -0.4 is 0 Å². The molecule has 0 aliphatic carbocycles. The molecule has 0 bridgehead atoms. The second kappa shape index (κ2) is 9.18. The highest BCUT2D eigenvalue weighted by molar-refractivity contribution is 7.92. The van der Waals surface area contributed by atoms with Crippen molar-refractivity contribution in [2.45, 2.75) is 42.2 Å². The molecule has 0 saturated carbocycles. The molecule has 0 aliphatic heterocycles. The summed E-state index contributed by atoms with van der Waals surface area (Å²) >= 11 is 0. The first-order chi connectivity index (χ1) is 9.98. The van der Waals surface area contributed by atoms with Crippen LogP contribution in [0.1, 0.15) is 32.1 Å². The van der Waals surface area contributed by atoms with Crippen molar-refractivity contribution in [1.29, 1.82) is 0 Å². The topological polar surface area (TPSA) is 57.6 Å². The van der Waals surface area contributed by atoms with Crippen LogP contribution in [0.2, 0.25) is 0 Å². The second-order valence-corrected chi connectivity index (χ2v) is 7.90. The smallest absolute Gasteiger partial charge is 0.183 e. The van der Waals surface area contributed by atoms with Crippen molar-refractivity contribution in [3.63, 3.8) is 0 Å². The molecule has 0 heterocycles.